The Hall–Kier alpha value is -0.830. The van der Waals surface area contributed by atoms with Gasteiger partial charge in [0.2, 0.25) is 0 Å². The molecule has 0 amide bonds. The molecule has 0 saturated carbocycles. The largest absolute Gasteiger partial charge is 0.463 e. The van der Waals surface area contributed by atoms with E-state index in [9.17, 15) is 4.79 Å². The molecule has 0 radical (unpaired) electrons. The molecule has 3 heteroatoms. The minimum atomic E-state index is -0.239. The molecular formula is C12H20O3. The van der Waals surface area contributed by atoms with Crippen LogP contribution in [0.5, 0.6) is 0 Å². The van der Waals surface area contributed by atoms with Gasteiger partial charge >= 0.3 is 5.97 Å². The summed E-state index contributed by atoms with van der Waals surface area (Å²) >= 11 is 0. The first-order valence-corrected chi connectivity index (χ1v) is 5.38. The zero-order valence-electron chi connectivity index (χ0n) is 10.0. The standard InChI is InChI=1S/C12H20O3/c1-9(2)6-5-7-12(4)11(15-12)8-14-10(3)13/h6,11H,5,7-8H2,1-4H3/t11-,12-/m0/s1. The van der Waals surface area contributed by atoms with Gasteiger partial charge in [0.15, 0.2) is 0 Å². The first-order valence-electron chi connectivity index (χ1n) is 5.38. The van der Waals surface area contributed by atoms with E-state index in [2.05, 4.69) is 26.8 Å². The Balaban J connectivity index is 2.21. The second-order valence-electron chi connectivity index (χ2n) is 4.54. The molecule has 1 fully saturated rings. The molecule has 0 aliphatic carbocycles. The summed E-state index contributed by atoms with van der Waals surface area (Å²) in [4.78, 5) is 10.6. The van der Waals surface area contributed by atoms with E-state index in [4.69, 9.17) is 9.47 Å². The van der Waals surface area contributed by atoms with Crippen molar-refractivity contribution in [2.45, 2.75) is 52.2 Å². The van der Waals surface area contributed by atoms with E-state index >= 15 is 0 Å². The molecule has 0 aromatic heterocycles. The molecule has 0 unspecified atom stereocenters. The van der Waals surface area contributed by atoms with E-state index in [0.717, 1.165) is 12.8 Å². The van der Waals surface area contributed by atoms with Crippen LogP contribution in [0.25, 0.3) is 0 Å². The number of rotatable bonds is 5. The monoisotopic (exact) mass is 212 g/mol. The molecule has 0 bridgehead atoms. The van der Waals surface area contributed by atoms with E-state index in [1.165, 1.54) is 12.5 Å². The van der Waals surface area contributed by atoms with Gasteiger partial charge in [0.05, 0.1) is 5.60 Å². The van der Waals surface area contributed by atoms with Gasteiger partial charge in [-0.2, -0.15) is 0 Å². The summed E-state index contributed by atoms with van der Waals surface area (Å²) in [5.41, 5.74) is 1.25. The van der Waals surface area contributed by atoms with Crippen molar-refractivity contribution in [1.82, 2.24) is 0 Å². The molecule has 1 rings (SSSR count). The predicted molar refractivity (Wildman–Crippen MR) is 58.6 cm³/mol. The van der Waals surface area contributed by atoms with Crippen molar-refractivity contribution in [2.24, 2.45) is 0 Å². The molecule has 0 aromatic rings. The van der Waals surface area contributed by atoms with E-state index in [-0.39, 0.29) is 17.7 Å². The lowest BCUT2D eigenvalue weighted by Crippen LogP contribution is -2.15. The molecule has 86 valence electrons. The molecule has 0 N–H and O–H groups in total. The highest BCUT2D eigenvalue weighted by molar-refractivity contribution is 5.65. The van der Waals surface area contributed by atoms with Gasteiger partial charge < -0.3 is 9.47 Å². The Bertz CT molecular complexity index is 266. The maximum Gasteiger partial charge on any atom is 0.302 e. The van der Waals surface area contributed by atoms with Crippen molar-refractivity contribution in [3.63, 3.8) is 0 Å². The van der Waals surface area contributed by atoms with E-state index in [1.54, 1.807) is 0 Å². The van der Waals surface area contributed by atoms with Crippen LogP contribution in [-0.2, 0) is 14.3 Å². The lowest BCUT2D eigenvalue weighted by atomic mass is 10.0. The Morgan fingerprint density at radius 3 is 2.67 bits per heavy atom. The average Bonchev–Trinajstić information content (AvgIpc) is 2.73. The zero-order chi connectivity index (χ0) is 11.5. The van der Waals surface area contributed by atoms with Crippen LogP contribution in [0.2, 0.25) is 0 Å². The number of hydrogen-bond donors (Lipinski definition) is 0. The van der Waals surface area contributed by atoms with Gasteiger partial charge in [-0.15, -0.1) is 0 Å². The molecule has 1 aliphatic heterocycles. The van der Waals surface area contributed by atoms with Crippen molar-refractivity contribution in [1.29, 1.82) is 0 Å². The SMILES string of the molecule is CC(=O)OC[C@@H]1O[C@@]1(C)CCC=C(C)C. The molecular weight excluding hydrogens is 192 g/mol. The fourth-order valence-corrected chi connectivity index (χ4v) is 1.56. The lowest BCUT2D eigenvalue weighted by Gasteiger charge is -2.04. The number of ether oxygens (including phenoxy) is 2. The molecule has 0 aromatic carbocycles. The van der Waals surface area contributed by atoms with E-state index in [1.807, 2.05) is 0 Å². The highest BCUT2D eigenvalue weighted by Crippen LogP contribution is 2.40. The quantitative estimate of drug-likeness (QED) is 0.399. The second-order valence-corrected chi connectivity index (χ2v) is 4.54. The summed E-state index contributed by atoms with van der Waals surface area (Å²) < 4.78 is 10.4. The number of carbonyl (C=O) groups excluding carboxylic acids is 1. The second kappa shape index (κ2) is 4.79. The summed E-state index contributed by atoms with van der Waals surface area (Å²) in [6.07, 6.45) is 4.31. The molecule has 1 heterocycles. The van der Waals surface area contributed by atoms with Gasteiger partial charge in [-0.05, 0) is 33.6 Å². The van der Waals surface area contributed by atoms with Crippen LogP contribution >= 0.6 is 0 Å². The normalized spacial score (nSPS) is 28.4. The van der Waals surface area contributed by atoms with Crippen LogP contribution in [0.3, 0.4) is 0 Å². The van der Waals surface area contributed by atoms with Gasteiger partial charge in [0.1, 0.15) is 12.7 Å². The van der Waals surface area contributed by atoms with Crippen LogP contribution in [0.1, 0.15) is 40.5 Å². The first kappa shape index (κ1) is 12.2. The van der Waals surface area contributed by atoms with Gasteiger partial charge in [0, 0.05) is 6.92 Å². The third-order valence-electron chi connectivity index (χ3n) is 2.67. The Morgan fingerprint density at radius 1 is 1.47 bits per heavy atom. The van der Waals surface area contributed by atoms with Crippen LogP contribution in [0.15, 0.2) is 11.6 Å². The van der Waals surface area contributed by atoms with Crippen molar-refractivity contribution in [2.75, 3.05) is 6.61 Å². The van der Waals surface area contributed by atoms with Gasteiger partial charge in [-0.3, -0.25) is 4.79 Å². The lowest BCUT2D eigenvalue weighted by molar-refractivity contribution is -0.141. The number of esters is 1. The molecule has 1 aliphatic rings. The van der Waals surface area contributed by atoms with Crippen LogP contribution in [0.4, 0.5) is 0 Å². The van der Waals surface area contributed by atoms with Crippen LogP contribution in [0, 0.1) is 0 Å². The third kappa shape index (κ3) is 4.04. The van der Waals surface area contributed by atoms with Gasteiger partial charge in [-0.1, -0.05) is 11.6 Å². The molecule has 15 heavy (non-hydrogen) atoms. The minimum Gasteiger partial charge on any atom is -0.463 e. The van der Waals surface area contributed by atoms with Crippen molar-refractivity contribution in [3.05, 3.63) is 11.6 Å². The molecule has 3 nitrogen and oxygen atoms in total. The molecule has 2 atom stereocenters. The summed E-state index contributed by atoms with van der Waals surface area (Å²) in [6, 6.07) is 0. The predicted octanol–water partition coefficient (Wildman–Crippen LogP) is 2.45. The first-order chi connectivity index (χ1) is 6.94. The summed E-state index contributed by atoms with van der Waals surface area (Å²) in [6.45, 7) is 8.06. The van der Waals surface area contributed by atoms with Crippen LogP contribution < -0.4 is 0 Å². The summed E-state index contributed by atoms with van der Waals surface area (Å²) in [7, 11) is 0. The number of allylic oxidation sites excluding steroid dienone is 2. The number of hydrogen-bond acceptors (Lipinski definition) is 3. The molecule has 0 spiro atoms. The van der Waals surface area contributed by atoms with E-state index in [0.29, 0.717) is 6.61 Å². The van der Waals surface area contributed by atoms with E-state index < -0.39 is 0 Å². The Kier molecular flexibility index (Phi) is 3.91. The zero-order valence-corrected chi connectivity index (χ0v) is 10.0. The number of epoxide rings is 1. The van der Waals surface area contributed by atoms with Gasteiger partial charge in [0.25, 0.3) is 0 Å². The minimum absolute atomic E-state index is 0.0819. The highest BCUT2D eigenvalue weighted by atomic mass is 16.6. The topological polar surface area (TPSA) is 38.8 Å². The molecule has 1 saturated heterocycles. The van der Waals surface area contributed by atoms with Gasteiger partial charge in [-0.25, -0.2) is 0 Å². The van der Waals surface area contributed by atoms with Crippen molar-refractivity contribution in [3.8, 4) is 0 Å². The summed E-state index contributed by atoms with van der Waals surface area (Å²) in [5.74, 6) is -0.239. The highest BCUT2D eigenvalue weighted by Gasteiger charge is 2.51. The smallest absolute Gasteiger partial charge is 0.302 e. The summed E-state index contributed by atoms with van der Waals surface area (Å²) in [5, 5.41) is 0. The van der Waals surface area contributed by atoms with Crippen LogP contribution in [-0.4, -0.2) is 24.3 Å². The Labute approximate surface area is 91.4 Å². The maximum absolute atomic E-state index is 10.6. The maximum atomic E-state index is 10.6. The van der Waals surface area contributed by atoms with Crippen molar-refractivity contribution < 1.29 is 14.3 Å². The fraction of sp³-hybridized carbons (Fsp3) is 0.750. The van der Waals surface area contributed by atoms with Crippen molar-refractivity contribution >= 4 is 5.97 Å². The Morgan fingerprint density at radius 2 is 2.13 bits per heavy atom. The fourth-order valence-electron chi connectivity index (χ4n) is 1.56. The third-order valence-corrected chi connectivity index (χ3v) is 2.67. The average molecular weight is 212 g/mol. The number of carbonyl (C=O) groups is 1.